The van der Waals surface area contributed by atoms with Crippen molar-refractivity contribution in [2.45, 2.75) is 25.4 Å². The first-order valence-electron chi connectivity index (χ1n) is 6.72. The first-order chi connectivity index (χ1) is 9.81. The second kappa shape index (κ2) is 6.00. The molecule has 1 aromatic heterocycles. The number of hydrogen-bond donors (Lipinski definition) is 1. The van der Waals surface area contributed by atoms with E-state index in [9.17, 15) is 4.39 Å². The van der Waals surface area contributed by atoms with Gasteiger partial charge in [0, 0.05) is 18.5 Å². The molecule has 1 unspecified atom stereocenters. The van der Waals surface area contributed by atoms with E-state index in [0.717, 1.165) is 25.9 Å². The van der Waals surface area contributed by atoms with Crippen LogP contribution >= 0.6 is 0 Å². The number of rotatable bonds is 4. The summed E-state index contributed by atoms with van der Waals surface area (Å²) in [6, 6.07) is 5.97. The lowest BCUT2D eigenvalue weighted by molar-refractivity contribution is 0.252. The van der Waals surface area contributed by atoms with E-state index in [-0.39, 0.29) is 18.3 Å². The van der Waals surface area contributed by atoms with Gasteiger partial charge >= 0.3 is 0 Å². The second-order valence-corrected chi connectivity index (χ2v) is 4.82. The molecule has 0 saturated carbocycles. The van der Waals surface area contributed by atoms with Gasteiger partial charge in [-0.15, -0.1) is 10.2 Å². The summed E-state index contributed by atoms with van der Waals surface area (Å²) in [6.45, 7) is 2.06. The van der Waals surface area contributed by atoms with Gasteiger partial charge in [-0.3, -0.25) is 0 Å². The van der Waals surface area contributed by atoms with E-state index in [1.165, 1.54) is 12.1 Å². The first kappa shape index (κ1) is 13.1. The van der Waals surface area contributed by atoms with Crippen molar-refractivity contribution in [2.24, 2.45) is 0 Å². The predicted octanol–water partition coefficient (Wildman–Crippen LogP) is 2.25. The van der Waals surface area contributed by atoms with Crippen LogP contribution in [0.15, 0.2) is 28.7 Å². The fraction of sp³-hybridized carbons (Fsp3) is 0.429. The highest BCUT2D eigenvalue weighted by molar-refractivity contribution is 5.22. The van der Waals surface area contributed by atoms with Crippen molar-refractivity contribution < 1.29 is 13.5 Å². The van der Waals surface area contributed by atoms with Crippen molar-refractivity contribution in [3.8, 4) is 5.75 Å². The van der Waals surface area contributed by atoms with Gasteiger partial charge in [0.15, 0.2) is 6.61 Å². The summed E-state index contributed by atoms with van der Waals surface area (Å²) in [6.07, 6.45) is 2.17. The third kappa shape index (κ3) is 3.14. The van der Waals surface area contributed by atoms with E-state index in [1.807, 2.05) is 0 Å². The molecule has 3 rings (SSSR count). The van der Waals surface area contributed by atoms with Crippen LogP contribution in [-0.4, -0.2) is 23.3 Å². The zero-order chi connectivity index (χ0) is 13.8. The highest BCUT2D eigenvalue weighted by atomic mass is 19.1. The molecule has 1 saturated heterocycles. The molecule has 0 aliphatic carbocycles. The van der Waals surface area contributed by atoms with E-state index in [0.29, 0.717) is 17.5 Å². The number of nitrogens with one attached hydrogen (secondary N) is 1. The molecule has 106 valence electrons. The smallest absolute Gasteiger partial charge is 0.253 e. The Bertz CT molecular complexity index is 567. The van der Waals surface area contributed by atoms with Crippen LogP contribution in [0.1, 0.15) is 30.5 Å². The highest BCUT2D eigenvalue weighted by Crippen LogP contribution is 2.22. The summed E-state index contributed by atoms with van der Waals surface area (Å²) in [5.74, 6) is 1.45. The number of halogens is 1. The standard InChI is InChI=1S/C14H16FN3O2/c15-11-4-1-5-12(7-11)19-9-13-17-18-14(20-13)10-3-2-6-16-8-10/h1,4-5,7,10,16H,2-3,6,8-9H2. The third-order valence-electron chi connectivity index (χ3n) is 3.29. The quantitative estimate of drug-likeness (QED) is 0.928. The van der Waals surface area contributed by atoms with Crippen molar-refractivity contribution in [1.82, 2.24) is 15.5 Å². The van der Waals surface area contributed by atoms with E-state index in [4.69, 9.17) is 9.15 Å². The molecule has 0 amide bonds. The Labute approximate surface area is 116 Å². The maximum Gasteiger partial charge on any atom is 0.253 e. The molecule has 0 bridgehead atoms. The Balaban J connectivity index is 1.59. The molecular formula is C14H16FN3O2. The number of nitrogens with zero attached hydrogens (tertiary/aromatic N) is 2. The topological polar surface area (TPSA) is 60.2 Å². The van der Waals surface area contributed by atoms with Gasteiger partial charge in [-0.05, 0) is 31.5 Å². The molecule has 2 aromatic rings. The number of benzene rings is 1. The Morgan fingerprint density at radius 2 is 2.35 bits per heavy atom. The summed E-state index contributed by atoms with van der Waals surface area (Å²) >= 11 is 0. The fourth-order valence-electron chi connectivity index (χ4n) is 2.25. The molecule has 20 heavy (non-hydrogen) atoms. The van der Waals surface area contributed by atoms with Crippen LogP contribution in [0.2, 0.25) is 0 Å². The molecule has 1 atom stereocenters. The van der Waals surface area contributed by atoms with Crippen molar-refractivity contribution in [3.63, 3.8) is 0 Å². The zero-order valence-electron chi connectivity index (χ0n) is 11.0. The minimum atomic E-state index is -0.331. The van der Waals surface area contributed by atoms with Crippen molar-refractivity contribution in [3.05, 3.63) is 41.9 Å². The summed E-state index contributed by atoms with van der Waals surface area (Å²) in [4.78, 5) is 0. The number of aromatic nitrogens is 2. The average molecular weight is 277 g/mol. The van der Waals surface area contributed by atoms with Crippen LogP contribution in [0.5, 0.6) is 5.75 Å². The van der Waals surface area contributed by atoms with Crippen LogP contribution in [0.4, 0.5) is 4.39 Å². The summed E-state index contributed by atoms with van der Waals surface area (Å²) < 4.78 is 24.0. The molecule has 1 fully saturated rings. The fourth-order valence-corrected chi connectivity index (χ4v) is 2.25. The normalized spacial score (nSPS) is 18.9. The molecule has 1 aromatic carbocycles. The average Bonchev–Trinajstić information content (AvgIpc) is 2.95. The second-order valence-electron chi connectivity index (χ2n) is 4.82. The SMILES string of the molecule is Fc1cccc(OCc2nnc(C3CCCNC3)o2)c1. The van der Waals surface area contributed by atoms with Gasteiger partial charge in [0.2, 0.25) is 5.89 Å². The largest absolute Gasteiger partial charge is 0.484 e. The Hall–Kier alpha value is -1.95. The minimum absolute atomic E-state index is 0.149. The molecule has 1 aliphatic rings. The van der Waals surface area contributed by atoms with Crippen molar-refractivity contribution in [2.75, 3.05) is 13.1 Å². The van der Waals surface area contributed by atoms with Gasteiger partial charge in [-0.1, -0.05) is 6.07 Å². The Morgan fingerprint density at radius 1 is 1.40 bits per heavy atom. The number of hydrogen-bond acceptors (Lipinski definition) is 5. The van der Waals surface area contributed by atoms with Crippen LogP contribution in [0.3, 0.4) is 0 Å². The molecular weight excluding hydrogens is 261 g/mol. The molecule has 0 radical (unpaired) electrons. The lowest BCUT2D eigenvalue weighted by atomic mass is 10.00. The predicted molar refractivity (Wildman–Crippen MR) is 69.9 cm³/mol. The van der Waals surface area contributed by atoms with Gasteiger partial charge in [-0.2, -0.15) is 0 Å². The van der Waals surface area contributed by atoms with Gasteiger partial charge in [0.1, 0.15) is 11.6 Å². The van der Waals surface area contributed by atoms with Crippen LogP contribution in [0.25, 0.3) is 0 Å². The number of ether oxygens (including phenoxy) is 1. The lowest BCUT2D eigenvalue weighted by Crippen LogP contribution is -2.28. The summed E-state index contributed by atoms with van der Waals surface area (Å²) in [7, 11) is 0. The highest BCUT2D eigenvalue weighted by Gasteiger charge is 2.21. The van der Waals surface area contributed by atoms with Crippen LogP contribution in [-0.2, 0) is 6.61 Å². The first-order valence-corrected chi connectivity index (χ1v) is 6.72. The number of piperidine rings is 1. The maximum atomic E-state index is 13.0. The third-order valence-corrected chi connectivity index (χ3v) is 3.29. The van der Waals surface area contributed by atoms with E-state index < -0.39 is 0 Å². The summed E-state index contributed by atoms with van der Waals surface area (Å²) in [5, 5.41) is 11.3. The molecule has 1 N–H and O–H groups in total. The Morgan fingerprint density at radius 3 is 3.15 bits per heavy atom. The van der Waals surface area contributed by atoms with Gasteiger partial charge in [0.25, 0.3) is 5.89 Å². The molecule has 1 aliphatic heterocycles. The maximum absolute atomic E-state index is 13.0. The minimum Gasteiger partial charge on any atom is -0.484 e. The molecule has 5 nitrogen and oxygen atoms in total. The van der Waals surface area contributed by atoms with E-state index >= 15 is 0 Å². The van der Waals surface area contributed by atoms with E-state index in [1.54, 1.807) is 12.1 Å². The molecule has 6 heteroatoms. The lowest BCUT2D eigenvalue weighted by Gasteiger charge is -2.18. The van der Waals surface area contributed by atoms with Crippen LogP contribution < -0.4 is 10.1 Å². The van der Waals surface area contributed by atoms with Gasteiger partial charge < -0.3 is 14.5 Å². The van der Waals surface area contributed by atoms with Gasteiger partial charge in [0.05, 0.1) is 0 Å². The van der Waals surface area contributed by atoms with Crippen LogP contribution in [0, 0.1) is 5.82 Å². The van der Waals surface area contributed by atoms with E-state index in [2.05, 4.69) is 15.5 Å². The monoisotopic (exact) mass is 277 g/mol. The molecule has 2 heterocycles. The Kier molecular flexibility index (Phi) is 3.92. The summed E-state index contributed by atoms with van der Waals surface area (Å²) in [5.41, 5.74) is 0. The van der Waals surface area contributed by atoms with Gasteiger partial charge in [-0.25, -0.2) is 4.39 Å². The van der Waals surface area contributed by atoms with Crippen molar-refractivity contribution in [1.29, 1.82) is 0 Å². The molecule has 0 spiro atoms. The van der Waals surface area contributed by atoms with Crippen molar-refractivity contribution >= 4 is 0 Å². The zero-order valence-corrected chi connectivity index (χ0v) is 11.0.